The van der Waals surface area contributed by atoms with E-state index in [1.807, 2.05) is 32.0 Å². The molecule has 0 radical (unpaired) electrons. The maximum Gasteiger partial charge on any atom is 0.248 e. The van der Waals surface area contributed by atoms with Gasteiger partial charge in [-0.2, -0.15) is 0 Å². The lowest BCUT2D eigenvalue weighted by atomic mass is 10.2. The van der Waals surface area contributed by atoms with Crippen LogP contribution in [0.5, 0.6) is 0 Å². The number of halogens is 2. The number of amides is 1. The lowest BCUT2D eigenvalue weighted by Gasteiger charge is -2.14. The molecule has 0 atom stereocenters. The molecule has 2 aromatic carbocycles. The van der Waals surface area contributed by atoms with Crippen LogP contribution in [0.25, 0.3) is 6.08 Å². The third kappa shape index (κ3) is 5.60. The predicted molar refractivity (Wildman–Crippen MR) is 115 cm³/mol. The van der Waals surface area contributed by atoms with Crippen molar-refractivity contribution in [2.75, 3.05) is 29.6 Å². The number of nitrogens with one attached hydrogen (secondary N) is 2. The first kappa shape index (κ1) is 20.9. The highest BCUT2D eigenvalue weighted by Gasteiger charge is 2.05. The van der Waals surface area contributed by atoms with Crippen molar-refractivity contribution < 1.29 is 13.6 Å². The van der Waals surface area contributed by atoms with Crippen LogP contribution in [-0.4, -0.2) is 30.0 Å². The fourth-order valence-corrected chi connectivity index (χ4v) is 2.62. The number of rotatable bonds is 6. The van der Waals surface area contributed by atoms with Gasteiger partial charge in [-0.15, -0.1) is 0 Å². The number of hydrogen-bond acceptors (Lipinski definition) is 5. The van der Waals surface area contributed by atoms with Crippen LogP contribution < -0.4 is 15.5 Å². The van der Waals surface area contributed by atoms with E-state index in [0.717, 1.165) is 35.8 Å². The van der Waals surface area contributed by atoms with E-state index in [4.69, 9.17) is 0 Å². The molecule has 3 rings (SSSR count). The minimum Gasteiger partial charge on any atom is -0.363 e. The van der Waals surface area contributed by atoms with Gasteiger partial charge in [0.25, 0.3) is 0 Å². The van der Waals surface area contributed by atoms with E-state index in [-0.39, 0.29) is 5.56 Å². The first-order valence-electron chi connectivity index (χ1n) is 9.14. The topological polar surface area (TPSA) is 70.2 Å². The Bertz CT molecular complexity index is 1080. The number of aryl methyl sites for hydroxylation is 1. The largest absolute Gasteiger partial charge is 0.363 e. The van der Waals surface area contributed by atoms with Crippen LogP contribution in [0.1, 0.15) is 11.4 Å². The Balaban J connectivity index is 1.64. The molecule has 1 heterocycles. The van der Waals surface area contributed by atoms with Crippen molar-refractivity contribution in [1.29, 1.82) is 0 Å². The van der Waals surface area contributed by atoms with Gasteiger partial charge in [0.15, 0.2) is 0 Å². The molecule has 0 aliphatic carbocycles. The van der Waals surface area contributed by atoms with Gasteiger partial charge in [-0.05, 0) is 55.5 Å². The molecule has 0 fully saturated rings. The maximum absolute atomic E-state index is 13.6. The molecule has 0 aliphatic rings. The van der Waals surface area contributed by atoms with Gasteiger partial charge in [0.1, 0.15) is 29.1 Å². The number of carbonyl (C=O) groups excluding carboxylic acids is 1. The number of anilines is 4. The molecule has 154 valence electrons. The molecular formula is C22H21F2N5O. The Hall–Kier alpha value is -3.81. The second-order valence-corrected chi connectivity index (χ2v) is 6.74. The summed E-state index contributed by atoms with van der Waals surface area (Å²) in [5.41, 5.74) is 1.35. The summed E-state index contributed by atoms with van der Waals surface area (Å²) in [5.74, 6) is 0.457. The third-order valence-corrected chi connectivity index (χ3v) is 4.08. The second-order valence-electron chi connectivity index (χ2n) is 6.74. The summed E-state index contributed by atoms with van der Waals surface area (Å²) in [6.45, 7) is 1.82. The highest BCUT2D eigenvalue weighted by molar-refractivity contribution is 6.02. The molecule has 1 amide bonds. The van der Waals surface area contributed by atoms with Crippen LogP contribution in [0.15, 0.2) is 54.6 Å². The first-order chi connectivity index (χ1) is 14.3. The summed E-state index contributed by atoms with van der Waals surface area (Å²) in [6.07, 6.45) is 2.37. The molecule has 3 aromatic rings. The van der Waals surface area contributed by atoms with Crippen molar-refractivity contribution >= 4 is 35.0 Å². The third-order valence-electron chi connectivity index (χ3n) is 4.08. The summed E-state index contributed by atoms with van der Waals surface area (Å²) >= 11 is 0. The number of hydrogen-bond donors (Lipinski definition) is 2. The first-order valence-corrected chi connectivity index (χ1v) is 9.14. The van der Waals surface area contributed by atoms with Crippen molar-refractivity contribution in [3.8, 4) is 0 Å². The van der Waals surface area contributed by atoms with Crippen LogP contribution in [0.3, 0.4) is 0 Å². The highest BCUT2D eigenvalue weighted by Crippen LogP contribution is 2.20. The Morgan fingerprint density at radius 2 is 1.70 bits per heavy atom. The lowest BCUT2D eigenvalue weighted by molar-refractivity contribution is -0.111. The Morgan fingerprint density at radius 3 is 2.40 bits per heavy atom. The van der Waals surface area contributed by atoms with Gasteiger partial charge in [-0.3, -0.25) is 4.79 Å². The molecule has 30 heavy (non-hydrogen) atoms. The number of benzene rings is 2. The molecule has 0 saturated heterocycles. The van der Waals surface area contributed by atoms with Crippen LogP contribution in [0.4, 0.5) is 31.8 Å². The molecule has 8 heteroatoms. The smallest absolute Gasteiger partial charge is 0.248 e. The monoisotopic (exact) mass is 409 g/mol. The van der Waals surface area contributed by atoms with Crippen LogP contribution in [0.2, 0.25) is 0 Å². The standard InChI is InChI=1S/C22H21F2N5O/c1-14-25-20(13-21(26-14)29(2)3)27-17-6-8-18(9-7-17)28-22(30)11-4-15-12-16(23)5-10-19(15)24/h4-13H,1-3H3,(H,28,30)(H,25,26,27)/b11-4+. The van der Waals surface area contributed by atoms with Gasteiger partial charge in [-0.25, -0.2) is 18.7 Å². The van der Waals surface area contributed by atoms with Gasteiger partial charge < -0.3 is 15.5 Å². The van der Waals surface area contributed by atoms with E-state index in [9.17, 15) is 13.6 Å². The molecular weight excluding hydrogens is 388 g/mol. The molecule has 0 saturated carbocycles. The number of nitrogens with zero attached hydrogens (tertiary/aromatic N) is 3. The fourth-order valence-electron chi connectivity index (χ4n) is 2.62. The van der Waals surface area contributed by atoms with Crippen LogP contribution >= 0.6 is 0 Å². The summed E-state index contributed by atoms with van der Waals surface area (Å²) in [4.78, 5) is 22.6. The van der Waals surface area contributed by atoms with E-state index in [1.54, 1.807) is 24.3 Å². The molecule has 6 nitrogen and oxygen atoms in total. The Morgan fingerprint density at radius 1 is 1.00 bits per heavy atom. The van der Waals surface area contributed by atoms with E-state index in [2.05, 4.69) is 20.6 Å². The number of aromatic nitrogens is 2. The Labute approximate surface area is 173 Å². The average Bonchev–Trinajstić information content (AvgIpc) is 2.69. The summed E-state index contributed by atoms with van der Waals surface area (Å²) in [6, 6.07) is 11.9. The quantitative estimate of drug-likeness (QED) is 0.586. The zero-order chi connectivity index (χ0) is 21.7. The maximum atomic E-state index is 13.6. The molecule has 0 bridgehead atoms. The molecule has 0 spiro atoms. The summed E-state index contributed by atoms with van der Waals surface area (Å²) in [7, 11) is 3.81. The van der Waals surface area contributed by atoms with Crippen molar-refractivity contribution in [3.63, 3.8) is 0 Å². The van der Waals surface area contributed by atoms with E-state index >= 15 is 0 Å². The van der Waals surface area contributed by atoms with Crippen molar-refractivity contribution in [1.82, 2.24) is 9.97 Å². The average molecular weight is 409 g/mol. The minimum absolute atomic E-state index is 0.00179. The zero-order valence-electron chi connectivity index (χ0n) is 16.8. The van der Waals surface area contributed by atoms with Gasteiger partial charge >= 0.3 is 0 Å². The predicted octanol–water partition coefficient (Wildman–Crippen LogP) is 4.52. The van der Waals surface area contributed by atoms with Gasteiger partial charge in [-0.1, -0.05) is 0 Å². The van der Waals surface area contributed by atoms with Crippen LogP contribution in [-0.2, 0) is 4.79 Å². The van der Waals surface area contributed by atoms with E-state index in [1.165, 1.54) is 6.08 Å². The molecule has 0 aliphatic heterocycles. The van der Waals surface area contributed by atoms with Crippen molar-refractivity contribution in [3.05, 3.63) is 77.6 Å². The fraction of sp³-hybridized carbons (Fsp3) is 0.136. The van der Waals surface area contributed by atoms with Crippen molar-refractivity contribution in [2.45, 2.75) is 6.92 Å². The summed E-state index contributed by atoms with van der Waals surface area (Å²) in [5, 5.41) is 5.87. The van der Waals surface area contributed by atoms with Gasteiger partial charge in [0, 0.05) is 43.2 Å². The van der Waals surface area contributed by atoms with E-state index < -0.39 is 17.5 Å². The Kier molecular flexibility index (Phi) is 6.36. The molecule has 0 unspecified atom stereocenters. The summed E-state index contributed by atoms with van der Waals surface area (Å²) < 4.78 is 26.8. The van der Waals surface area contributed by atoms with Gasteiger partial charge in [0.2, 0.25) is 5.91 Å². The highest BCUT2D eigenvalue weighted by atomic mass is 19.1. The minimum atomic E-state index is -0.603. The van der Waals surface area contributed by atoms with E-state index in [0.29, 0.717) is 17.3 Å². The van der Waals surface area contributed by atoms with Crippen molar-refractivity contribution in [2.24, 2.45) is 0 Å². The SMILES string of the molecule is Cc1nc(Nc2ccc(NC(=O)/C=C/c3cc(F)ccc3F)cc2)cc(N(C)C)n1. The lowest BCUT2D eigenvalue weighted by Crippen LogP contribution is -2.12. The normalized spacial score (nSPS) is 10.8. The molecule has 2 N–H and O–H groups in total. The van der Waals surface area contributed by atoms with Gasteiger partial charge in [0.05, 0.1) is 0 Å². The molecule has 1 aromatic heterocycles. The number of carbonyl (C=O) groups is 1. The van der Waals surface area contributed by atoms with Crippen LogP contribution in [0, 0.1) is 18.6 Å². The second kappa shape index (κ2) is 9.13. The zero-order valence-corrected chi connectivity index (χ0v) is 16.8.